The Morgan fingerprint density at radius 3 is 2.36 bits per heavy atom. The van der Waals surface area contributed by atoms with Crippen LogP contribution in [0.15, 0.2) is 71.6 Å². The van der Waals surface area contributed by atoms with Crippen molar-refractivity contribution in [2.24, 2.45) is 5.92 Å². The van der Waals surface area contributed by atoms with Gasteiger partial charge in [0.1, 0.15) is 5.75 Å². The Morgan fingerprint density at radius 2 is 1.69 bits per heavy atom. The van der Waals surface area contributed by atoms with Crippen LogP contribution in [0, 0.1) is 19.8 Å². The topological polar surface area (TPSA) is 96.5 Å². The Morgan fingerprint density at radius 1 is 1.00 bits per heavy atom. The molecule has 0 bridgehead atoms. The zero-order valence-corrected chi connectivity index (χ0v) is 22.4. The predicted octanol–water partition coefficient (Wildman–Crippen LogP) is 5.66. The van der Waals surface area contributed by atoms with E-state index in [1.54, 1.807) is 36.4 Å². The monoisotopic (exact) mass is 525 g/mol. The molecule has 7 nitrogen and oxygen atoms in total. The number of anilines is 2. The third kappa shape index (κ3) is 7.53. The fraction of sp³-hybridized carbons (Fsp3) is 0.259. The normalized spacial score (nSPS) is 11.1. The fourth-order valence-electron chi connectivity index (χ4n) is 3.37. The van der Waals surface area contributed by atoms with Crippen molar-refractivity contribution < 1.29 is 17.9 Å². The lowest BCUT2D eigenvalue weighted by Gasteiger charge is -2.14. The Hall–Kier alpha value is -3.43. The molecule has 3 aromatic rings. The molecule has 0 unspecified atom stereocenters. The van der Waals surface area contributed by atoms with Gasteiger partial charge >= 0.3 is 0 Å². The number of hydrogen-bond acceptors (Lipinski definition) is 5. The molecule has 0 fully saturated rings. The molecule has 3 aromatic carbocycles. The van der Waals surface area contributed by atoms with E-state index in [-0.39, 0.29) is 10.0 Å². The van der Waals surface area contributed by atoms with Gasteiger partial charge in [0.2, 0.25) is 0 Å². The molecule has 0 radical (unpaired) electrons. The molecule has 0 atom stereocenters. The minimum atomic E-state index is -3.76. The summed E-state index contributed by atoms with van der Waals surface area (Å²) in [6.07, 6.45) is 0.877. The summed E-state index contributed by atoms with van der Waals surface area (Å²) in [4.78, 5) is 12.9. The zero-order valence-electron chi connectivity index (χ0n) is 20.8. The van der Waals surface area contributed by atoms with Crippen molar-refractivity contribution >= 4 is 44.6 Å². The number of benzene rings is 3. The third-order valence-corrected chi connectivity index (χ3v) is 6.95. The highest BCUT2D eigenvalue weighted by molar-refractivity contribution is 7.92. The summed E-state index contributed by atoms with van der Waals surface area (Å²) in [5, 5.41) is 5.63. The van der Waals surface area contributed by atoms with Gasteiger partial charge in [-0.05, 0) is 86.4 Å². The number of carbonyl (C=O) groups excluding carboxylic acids is 1. The first-order valence-corrected chi connectivity index (χ1v) is 13.5. The van der Waals surface area contributed by atoms with Gasteiger partial charge in [-0.2, -0.15) is 0 Å². The molecule has 3 N–H and O–H groups in total. The molecule has 3 rings (SSSR count). The molecule has 36 heavy (non-hydrogen) atoms. The van der Waals surface area contributed by atoms with Gasteiger partial charge in [-0.3, -0.25) is 14.8 Å². The van der Waals surface area contributed by atoms with Gasteiger partial charge in [-0.15, -0.1) is 0 Å². The molecule has 0 aliphatic carbocycles. The Bertz CT molecular complexity index is 1340. The van der Waals surface area contributed by atoms with E-state index in [1.165, 1.54) is 12.1 Å². The second kappa shape index (κ2) is 12.0. The number of aryl methyl sites for hydroxylation is 2. The van der Waals surface area contributed by atoms with E-state index in [0.29, 0.717) is 35.2 Å². The second-order valence-corrected chi connectivity index (χ2v) is 11.0. The van der Waals surface area contributed by atoms with Crippen LogP contribution in [0.4, 0.5) is 11.4 Å². The fourth-order valence-corrected chi connectivity index (χ4v) is 4.71. The van der Waals surface area contributed by atoms with Gasteiger partial charge in [-0.25, -0.2) is 8.42 Å². The summed E-state index contributed by atoms with van der Waals surface area (Å²) in [6.45, 7) is 8.52. The van der Waals surface area contributed by atoms with Crippen molar-refractivity contribution in [1.82, 2.24) is 5.32 Å². The van der Waals surface area contributed by atoms with Crippen LogP contribution in [0.2, 0.25) is 0 Å². The van der Waals surface area contributed by atoms with Crippen LogP contribution in [0.25, 0.3) is 0 Å². The van der Waals surface area contributed by atoms with E-state index in [2.05, 4.69) is 29.2 Å². The second-order valence-electron chi connectivity index (χ2n) is 8.88. The number of hydrogen-bond donors (Lipinski definition) is 3. The summed E-state index contributed by atoms with van der Waals surface area (Å²) in [5.74, 6) is 0.584. The van der Waals surface area contributed by atoms with Crippen molar-refractivity contribution in [1.29, 1.82) is 0 Å². The van der Waals surface area contributed by atoms with E-state index in [0.717, 1.165) is 17.5 Å². The standard InChI is InChI=1S/C27H31N3O4S2/c1-18(2)15-16-34-25-8-6-5-7-23(25)26(31)29-27(35)28-21-10-12-22(13-11-21)36(32,33)30-24-14-9-19(3)17-20(24)4/h5-14,17-18,30H,15-16H2,1-4H3,(H2,28,29,31,35). The Labute approximate surface area is 218 Å². The first-order chi connectivity index (χ1) is 17.0. The van der Waals surface area contributed by atoms with Crippen molar-refractivity contribution in [3.63, 3.8) is 0 Å². The first kappa shape index (κ1) is 27.2. The van der Waals surface area contributed by atoms with Gasteiger partial charge in [0.25, 0.3) is 15.9 Å². The minimum absolute atomic E-state index is 0.0843. The van der Waals surface area contributed by atoms with Gasteiger partial charge in [0, 0.05) is 5.69 Å². The van der Waals surface area contributed by atoms with E-state index >= 15 is 0 Å². The lowest BCUT2D eigenvalue weighted by atomic mass is 10.1. The van der Waals surface area contributed by atoms with E-state index in [1.807, 2.05) is 32.0 Å². The number of nitrogens with one attached hydrogen (secondary N) is 3. The molecule has 0 aliphatic rings. The van der Waals surface area contributed by atoms with E-state index < -0.39 is 15.9 Å². The number of ether oxygens (including phenoxy) is 1. The number of amides is 1. The van der Waals surface area contributed by atoms with Crippen LogP contribution < -0.4 is 20.1 Å². The van der Waals surface area contributed by atoms with Crippen molar-refractivity contribution in [3.05, 3.63) is 83.4 Å². The van der Waals surface area contributed by atoms with Gasteiger partial charge in [0.15, 0.2) is 5.11 Å². The first-order valence-electron chi connectivity index (χ1n) is 11.6. The van der Waals surface area contributed by atoms with Crippen molar-refractivity contribution in [2.45, 2.75) is 39.0 Å². The lowest BCUT2D eigenvalue weighted by molar-refractivity contribution is 0.0973. The van der Waals surface area contributed by atoms with Crippen LogP contribution in [0.5, 0.6) is 5.75 Å². The number of rotatable bonds is 9. The molecule has 0 aromatic heterocycles. The minimum Gasteiger partial charge on any atom is -0.493 e. The smallest absolute Gasteiger partial charge is 0.261 e. The van der Waals surface area contributed by atoms with Crippen LogP contribution in [-0.4, -0.2) is 26.0 Å². The number of sulfonamides is 1. The lowest BCUT2D eigenvalue weighted by Crippen LogP contribution is -2.34. The Balaban J connectivity index is 1.62. The predicted molar refractivity (Wildman–Crippen MR) is 148 cm³/mol. The molecule has 0 saturated heterocycles. The molecular formula is C27H31N3O4S2. The average molecular weight is 526 g/mol. The third-order valence-electron chi connectivity index (χ3n) is 5.36. The highest BCUT2D eigenvalue weighted by Gasteiger charge is 2.17. The molecule has 0 spiro atoms. The summed E-state index contributed by atoms with van der Waals surface area (Å²) in [5.41, 5.74) is 3.33. The summed E-state index contributed by atoms with van der Waals surface area (Å²) in [6, 6.07) is 18.6. The quantitative estimate of drug-likeness (QED) is 0.312. The van der Waals surface area contributed by atoms with Gasteiger partial charge < -0.3 is 10.1 Å². The molecular weight excluding hydrogens is 494 g/mol. The number of para-hydroxylation sites is 1. The van der Waals surface area contributed by atoms with E-state index in [9.17, 15) is 13.2 Å². The molecule has 0 aliphatic heterocycles. The summed E-state index contributed by atoms with van der Waals surface area (Å²) >= 11 is 5.28. The van der Waals surface area contributed by atoms with Crippen LogP contribution in [0.1, 0.15) is 41.8 Å². The largest absolute Gasteiger partial charge is 0.493 e. The van der Waals surface area contributed by atoms with Crippen molar-refractivity contribution in [3.8, 4) is 5.75 Å². The zero-order chi connectivity index (χ0) is 26.3. The van der Waals surface area contributed by atoms with Crippen LogP contribution in [0.3, 0.4) is 0 Å². The number of carbonyl (C=O) groups is 1. The highest BCUT2D eigenvalue weighted by atomic mass is 32.2. The van der Waals surface area contributed by atoms with Crippen molar-refractivity contribution in [2.75, 3.05) is 16.6 Å². The molecule has 1 amide bonds. The van der Waals surface area contributed by atoms with Crippen LogP contribution in [-0.2, 0) is 10.0 Å². The summed E-state index contributed by atoms with van der Waals surface area (Å²) < 4.78 is 34.0. The molecule has 0 heterocycles. The van der Waals surface area contributed by atoms with Gasteiger partial charge in [-0.1, -0.05) is 43.7 Å². The van der Waals surface area contributed by atoms with Gasteiger partial charge in [0.05, 0.1) is 22.8 Å². The van der Waals surface area contributed by atoms with Crippen LogP contribution >= 0.6 is 12.2 Å². The molecule has 190 valence electrons. The SMILES string of the molecule is Cc1ccc(NS(=O)(=O)c2ccc(NC(=S)NC(=O)c3ccccc3OCCC(C)C)cc2)c(C)c1. The van der Waals surface area contributed by atoms with E-state index in [4.69, 9.17) is 17.0 Å². The maximum absolute atomic E-state index is 12.8. The Kier molecular flexibility index (Phi) is 9.06. The number of thiocarbonyl (C=S) groups is 1. The highest BCUT2D eigenvalue weighted by Crippen LogP contribution is 2.22. The molecule has 0 saturated carbocycles. The molecule has 9 heteroatoms. The average Bonchev–Trinajstić information content (AvgIpc) is 2.81. The summed E-state index contributed by atoms with van der Waals surface area (Å²) in [7, 11) is -3.76. The maximum atomic E-state index is 12.8. The maximum Gasteiger partial charge on any atom is 0.261 e.